The zero-order valence-corrected chi connectivity index (χ0v) is 12.3. The van der Waals surface area contributed by atoms with E-state index in [-0.39, 0.29) is 5.41 Å². The van der Waals surface area contributed by atoms with Gasteiger partial charge in [0.2, 0.25) is 0 Å². The first-order valence-corrected chi connectivity index (χ1v) is 6.93. The van der Waals surface area contributed by atoms with Crippen molar-refractivity contribution in [3.8, 4) is 0 Å². The molecule has 0 aliphatic carbocycles. The van der Waals surface area contributed by atoms with E-state index in [0.29, 0.717) is 13.0 Å². The number of β-amino-alcohol motifs (C(OH)–C–C–N with tert-alkyl or cyclic N) is 1. The Bertz CT molecular complexity index is 503. The van der Waals surface area contributed by atoms with E-state index in [1.807, 2.05) is 35.2 Å². The van der Waals surface area contributed by atoms with Crippen LogP contribution in [0.25, 0.3) is 0 Å². The number of aliphatic imine (C=N–C) groups is 1. The van der Waals surface area contributed by atoms with Gasteiger partial charge in [0.1, 0.15) is 5.84 Å². The molecule has 1 aromatic rings. The van der Waals surface area contributed by atoms with E-state index >= 15 is 0 Å². The summed E-state index contributed by atoms with van der Waals surface area (Å²) in [6.45, 7) is 7.51. The lowest BCUT2D eigenvalue weighted by molar-refractivity contribution is -0.127. The van der Waals surface area contributed by atoms with E-state index < -0.39 is 12.0 Å². The standard InChI is InChI=1S/C16H22N2O2/c1-16(2,3)11-18-10-13(19)15(20)17-14(18)9-12-7-5-4-6-8-12/h4-8,13,19H,9-11H2,1-3H3. The highest BCUT2D eigenvalue weighted by molar-refractivity contribution is 5.99. The van der Waals surface area contributed by atoms with Crippen molar-refractivity contribution in [3.05, 3.63) is 35.9 Å². The minimum Gasteiger partial charge on any atom is -0.381 e. The SMILES string of the molecule is CC(C)(C)CN1CC(O)C(=O)N=C1Cc1ccccc1. The molecule has 1 unspecified atom stereocenters. The van der Waals surface area contributed by atoms with Crippen LogP contribution in [-0.4, -0.2) is 40.9 Å². The van der Waals surface area contributed by atoms with Crippen LogP contribution in [-0.2, 0) is 11.2 Å². The zero-order chi connectivity index (χ0) is 14.8. The number of hydrogen-bond acceptors (Lipinski definition) is 3. The number of carbonyl (C=O) groups excluding carboxylic acids is 1. The maximum Gasteiger partial charge on any atom is 0.278 e. The fourth-order valence-corrected chi connectivity index (χ4v) is 2.32. The molecule has 0 fully saturated rings. The second-order valence-corrected chi connectivity index (χ2v) is 6.49. The van der Waals surface area contributed by atoms with Crippen molar-refractivity contribution in [2.45, 2.75) is 33.3 Å². The first-order chi connectivity index (χ1) is 9.35. The third-order valence-electron chi connectivity index (χ3n) is 3.15. The van der Waals surface area contributed by atoms with E-state index in [2.05, 4.69) is 25.8 Å². The molecular weight excluding hydrogens is 252 g/mol. The van der Waals surface area contributed by atoms with Crippen molar-refractivity contribution in [1.29, 1.82) is 0 Å². The summed E-state index contributed by atoms with van der Waals surface area (Å²) in [5.74, 6) is 0.322. The fourth-order valence-electron chi connectivity index (χ4n) is 2.32. The number of carbonyl (C=O) groups is 1. The summed E-state index contributed by atoms with van der Waals surface area (Å²) in [6.07, 6.45) is -0.382. The lowest BCUT2D eigenvalue weighted by Gasteiger charge is -2.35. The average Bonchev–Trinajstić information content (AvgIpc) is 2.35. The van der Waals surface area contributed by atoms with E-state index in [1.54, 1.807) is 0 Å². The molecule has 1 heterocycles. The highest BCUT2D eigenvalue weighted by Gasteiger charge is 2.29. The van der Waals surface area contributed by atoms with Crippen molar-refractivity contribution in [2.24, 2.45) is 10.4 Å². The summed E-state index contributed by atoms with van der Waals surface area (Å²) < 4.78 is 0. The van der Waals surface area contributed by atoms with Gasteiger partial charge in [-0.2, -0.15) is 4.99 Å². The second kappa shape index (κ2) is 5.75. The molecule has 108 valence electrons. The molecule has 2 rings (SSSR count). The van der Waals surface area contributed by atoms with E-state index in [9.17, 15) is 9.90 Å². The van der Waals surface area contributed by atoms with Gasteiger partial charge in [-0.3, -0.25) is 4.79 Å². The number of rotatable bonds is 3. The number of aliphatic hydroxyl groups is 1. The van der Waals surface area contributed by atoms with E-state index in [1.165, 1.54) is 0 Å². The van der Waals surface area contributed by atoms with Gasteiger partial charge in [-0.05, 0) is 11.0 Å². The normalized spacial score (nSPS) is 20.0. The molecular formula is C16H22N2O2. The van der Waals surface area contributed by atoms with E-state index in [0.717, 1.165) is 17.9 Å². The molecule has 4 heteroatoms. The van der Waals surface area contributed by atoms with Gasteiger partial charge in [0.15, 0.2) is 6.10 Å². The molecule has 0 saturated heterocycles. The highest BCUT2D eigenvalue weighted by Crippen LogP contribution is 2.19. The van der Waals surface area contributed by atoms with Gasteiger partial charge in [0.25, 0.3) is 5.91 Å². The Morgan fingerprint density at radius 3 is 2.55 bits per heavy atom. The van der Waals surface area contributed by atoms with Gasteiger partial charge in [0.05, 0.1) is 6.54 Å². The third-order valence-corrected chi connectivity index (χ3v) is 3.15. The molecule has 20 heavy (non-hydrogen) atoms. The lowest BCUT2D eigenvalue weighted by Crippen LogP contribution is -2.49. The van der Waals surface area contributed by atoms with Crippen molar-refractivity contribution in [1.82, 2.24) is 4.90 Å². The van der Waals surface area contributed by atoms with Gasteiger partial charge < -0.3 is 10.0 Å². The first kappa shape index (κ1) is 14.7. The molecule has 0 saturated carbocycles. The van der Waals surface area contributed by atoms with Gasteiger partial charge in [-0.15, -0.1) is 0 Å². The summed E-state index contributed by atoms with van der Waals surface area (Å²) >= 11 is 0. The number of amides is 1. The Kier molecular flexibility index (Phi) is 4.23. The molecule has 0 spiro atoms. The molecule has 0 radical (unpaired) electrons. The predicted molar refractivity (Wildman–Crippen MR) is 79.6 cm³/mol. The Morgan fingerprint density at radius 2 is 1.95 bits per heavy atom. The van der Waals surface area contributed by atoms with Crippen LogP contribution in [0.3, 0.4) is 0 Å². The number of benzene rings is 1. The highest BCUT2D eigenvalue weighted by atomic mass is 16.3. The Balaban J connectivity index is 2.20. The second-order valence-electron chi connectivity index (χ2n) is 6.49. The molecule has 1 atom stereocenters. The maximum absolute atomic E-state index is 11.6. The largest absolute Gasteiger partial charge is 0.381 e. The van der Waals surface area contributed by atoms with Crippen LogP contribution in [0.4, 0.5) is 0 Å². The van der Waals surface area contributed by atoms with Crippen LogP contribution < -0.4 is 0 Å². The topological polar surface area (TPSA) is 52.9 Å². The number of nitrogens with zero attached hydrogens (tertiary/aromatic N) is 2. The predicted octanol–water partition coefficient (Wildman–Crippen LogP) is 1.88. The summed E-state index contributed by atoms with van der Waals surface area (Å²) in [4.78, 5) is 17.7. The fraction of sp³-hybridized carbons (Fsp3) is 0.500. The third kappa shape index (κ3) is 3.90. The molecule has 1 aromatic carbocycles. The van der Waals surface area contributed by atoms with Gasteiger partial charge in [-0.25, -0.2) is 0 Å². The molecule has 1 aliphatic heterocycles. The number of aliphatic hydroxyl groups excluding tert-OH is 1. The Morgan fingerprint density at radius 1 is 1.30 bits per heavy atom. The van der Waals surface area contributed by atoms with Gasteiger partial charge >= 0.3 is 0 Å². The summed E-state index contributed by atoms with van der Waals surface area (Å²) in [6, 6.07) is 9.96. The molecule has 1 N–H and O–H groups in total. The smallest absolute Gasteiger partial charge is 0.278 e. The van der Waals surface area contributed by atoms with Gasteiger partial charge in [0, 0.05) is 13.0 Å². The summed E-state index contributed by atoms with van der Waals surface area (Å²) in [5, 5.41) is 9.73. The summed E-state index contributed by atoms with van der Waals surface area (Å²) in [7, 11) is 0. The van der Waals surface area contributed by atoms with Crippen molar-refractivity contribution >= 4 is 11.7 Å². The van der Waals surface area contributed by atoms with Crippen LogP contribution in [0.15, 0.2) is 35.3 Å². The van der Waals surface area contributed by atoms with Crippen LogP contribution in [0.1, 0.15) is 26.3 Å². The van der Waals surface area contributed by atoms with Crippen LogP contribution in [0.5, 0.6) is 0 Å². The number of hydrogen-bond donors (Lipinski definition) is 1. The Hall–Kier alpha value is -1.68. The minimum atomic E-state index is -1.00. The zero-order valence-electron chi connectivity index (χ0n) is 12.3. The first-order valence-electron chi connectivity index (χ1n) is 6.93. The maximum atomic E-state index is 11.6. The molecule has 1 amide bonds. The summed E-state index contributed by atoms with van der Waals surface area (Å²) in [5.41, 5.74) is 1.20. The molecule has 0 aromatic heterocycles. The quantitative estimate of drug-likeness (QED) is 0.915. The minimum absolute atomic E-state index is 0.0809. The molecule has 1 aliphatic rings. The monoisotopic (exact) mass is 274 g/mol. The van der Waals surface area contributed by atoms with E-state index in [4.69, 9.17) is 0 Å². The molecule has 4 nitrogen and oxygen atoms in total. The lowest BCUT2D eigenvalue weighted by atomic mass is 9.95. The molecule has 0 bridgehead atoms. The number of amidine groups is 1. The van der Waals surface area contributed by atoms with Crippen LogP contribution in [0, 0.1) is 5.41 Å². The van der Waals surface area contributed by atoms with Crippen LogP contribution in [0.2, 0.25) is 0 Å². The Labute approximate surface area is 120 Å². The van der Waals surface area contributed by atoms with Crippen molar-refractivity contribution in [3.63, 3.8) is 0 Å². The van der Waals surface area contributed by atoms with Crippen LogP contribution >= 0.6 is 0 Å². The van der Waals surface area contributed by atoms with Crippen molar-refractivity contribution in [2.75, 3.05) is 13.1 Å². The average molecular weight is 274 g/mol. The van der Waals surface area contributed by atoms with Gasteiger partial charge in [-0.1, -0.05) is 51.1 Å². The van der Waals surface area contributed by atoms with Crippen molar-refractivity contribution < 1.29 is 9.90 Å².